The van der Waals surface area contributed by atoms with E-state index >= 15 is 0 Å². The molecule has 0 bridgehead atoms. The van der Waals surface area contributed by atoms with E-state index in [1.54, 1.807) is 0 Å². The molecule has 0 saturated heterocycles. The molecule has 112 valence electrons. The van der Waals surface area contributed by atoms with Crippen molar-refractivity contribution in [3.63, 3.8) is 0 Å². The summed E-state index contributed by atoms with van der Waals surface area (Å²) in [6, 6.07) is 12.3. The second kappa shape index (κ2) is 5.66. The van der Waals surface area contributed by atoms with Crippen molar-refractivity contribution < 1.29 is 14.1 Å². The topological polar surface area (TPSA) is 97.1 Å². The normalized spacial score (nSPS) is 10.4. The summed E-state index contributed by atoms with van der Waals surface area (Å²) < 4.78 is 5.93. The van der Waals surface area contributed by atoms with Crippen LogP contribution in [0.2, 0.25) is 0 Å². The number of nitrogens with zero attached hydrogens (tertiary/aromatic N) is 2. The summed E-state index contributed by atoms with van der Waals surface area (Å²) in [5.41, 5.74) is 1.09. The third-order valence-corrected chi connectivity index (χ3v) is 3.86. The molecule has 3 rings (SSSR count). The van der Waals surface area contributed by atoms with Gasteiger partial charge < -0.3 is 4.42 Å². The van der Waals surface area contributed by atoms with E-state index < -0.39 is 4.92 Å². The molecule has 0 unspecified atom stereocenters. The van der Waals surface area contributed by atoms with Crippen molar-refractivity contribution in [3.8, 4) is 6.07 Å². The van der Waals surface area contributed by atoms with Crippen molar-refractivity contribution in [2.75, 3.05) is 0 Å². The molecule has 3 aromatic rings. The molecule has 0 N–H and O–H groups in total. The molecule has 1 heterocycles. The monoisotopic (exact) mass is 370 g/mol. The van der Waals surface area contributed by atoms with Crippen molar-refractivity contribution in [3.05, 3.63) is 73.9 Å². The molecule has 7 heteroatoms. The fourth-order valence-corrected chi connectivity index (χ4v) is 2.70. The van der Waals surface area contributed by atoms with Crippen molar-refractivity contribution >= 4 is 38.4 Å². The maximum absolute atomic E-state index is 12.4. The molecule has 0 saturated carbocycles. The lowest BCUT2D eigenvalue weighted by Gasteiger charge is -1.97. The third-order valence-electron chi connectivity index (χ3n) is 3.27. The highest BCUT2D eigenvalue weighted by Crippen LogP contribution is 2.32. The standard InChI is InChI=1S/C16H7BrN2O4/c17-13-7-12(19(21)22)5-11-6-14(23-16(11)13)15(20)10-3-1-9(8-18)2-4-10/h1-7H. The quantitative estimate of drug-likeness (QED) is 0.390. The predicted octanol–water partition coefficient (Wildman–Crippen LogP) is 4.21. The molecule has 0 spiro atoms. The van der Waals surface area contributed by atoms with Gasteiger partial charge in [0.2, 0.25) is 5.78 Å². The molecule has 1 aromatic heterocycles. The Hall–Kier alpha value is -2.98. The maximum Gasteiger partial charge on any atom is 0.271 e. The number of rotatable bonds is 3. The van der Waals surface area contributed by atoms with Crippen molar-refractivity contribution in [2.24, 2.45) is 0 Å². The van der Waals surface area contributed by atoms with Crippen LogP contribution in [0.1, 0.15) is 21.7 Å². The summed E-state index contributed by atoms with van der Waals surface area (Å²) in [5.74, 6) is -0.286. The summed E-state index contributed by atoms with van der Waals surface area (Å²) in [7, 11) is 0. The van der Waals surface area contributed by atoms with Crippen molar-refractivity contribution in [1.29, 1.82) is 5.26 Å². The van der Waals surface area contributed by atoms with Crippen LogP contribution in [0.4, 0.5) is 5.69 Å². The number of carbonyl (C=O) groups is 1. The van der Waals surface area contributed by atoms with Crippen LogP contribution in [-0.2, 0) is 0 Å². The number of nitro groups is 1. The first-order valence-electron chi connectivity index (χ1n) is 6.42. The number of hydrogen-bond donors (Lipinski definition) is 0. The minimum atomic E-state index is -0.515. The van der Waals surface area contributed by atoms with Crippen LogP contribution in [-0.4, -0.2) is 10.7 Å². The van der Waals surface area contributed by atoms with E-state index in [1.165, 1.54) is 42.5 Å². The van der Waals surface area contributed by atoms with Crippen LogP contribution in [0.25, 0.3) is 11.0 Å². The average Bonchev–Trinajstić information content (AvgIpc) is 2.99. The zero-order chi connectivity index (χ0) is 16.6. The first-order chi connectivity index (χ1) is 11.0. The third kappa shape index (κ3) is 2.72. The molecule has 0 amide bonds. The highest BCUT2D eigenvalue weighted by molar-refractivity contribution is 9.10. The van der Waals surface area contributed by atoms with Crippen LogP contribution < -0.4 is 0 Å². The number of furan rings is 1. The summed E-state index contributed by atoms with van der Waals surface area (Å²) >= 11 is 3.21. The molecule has 0 fully saturated rings. The van der Waals surface area contributed by atoms with Crippen LogP contribution in [0.15, 0.2) is 51.4 Å². The largest absolute Gasteiger partial charge is 0.451 e. The lowest BCUT2D eigenvalue weighted by Crippen LogP contribution is -1.99. The van der Waals surface area contributed by atoms with Gasteiger partial charge >= 0.3 is 0 Å². The van der Waals surface area contributed by atoms with Gasteiger partial charge in [-0.15, -0.1) is 0 Å². The first-order valence-corrected chi connectivity index (χ1v) is 7.21. The summed E-state index contributed by atoms with van der Waals surface area (Å²) in [6.45, 7) is 0. The van der Waals surface area contributed by atoms with E-state index in [2.05, 4.69) is 15.9 Å². The highest BCUT2D eigenvalue weighted by atomic mass is 79.9. The molecule has 0 aliphatic heterocycles. The minimum Gasteiger partial charge on any atom is -0.451 e. The number of carbonyl (C=O) groups excluding carboxylic acids is 1. The predicted molar refractivity (Wildman–Crippen MR) is 85.2 cm³/mol. The Morgan fingerprint density at radius 3 is 2.52 bits per heavy atom. The van der Waals surface area contributed by atoms with E-state index in [-0.39, 0.29) is 17.2 Å². The zero-order valence-corrected chi connectivity index (χ0v) is 13.0. The summed E-state index contributed by atoms with van der Waals surface area (Å²) in [5, 5.41) is 20.1. The molecule has 2 aromatic carbocycles. The zero-order valence-electron chi connectivity index (χ0n) is 11.4. The van der Waals surface area contributed by atoms with Gasteiger partial charge in [-0.2, -0.15) is 5.26 Å². The number of fused-ring (bicyclic) bond motifs is 1. The Bertz CT molecular complexity index is 984. The Kier molecular flexibility index (Phi) is 3.68. The molecule has 6 nitrogen and oxygen atoms in total. The number of non-ortho nitro benzene ring substituents is 1. The van der Waals surface area contributed by atoms with Gasteiger partial charge in [-0.25, -0.2) is 0 Å². The molecule has 0 aliphatic rings. The van der Waals surface area contributed by atoms with E-state index in [1.807, 2.05) is 6.07 Å². The van der Waals surface area contributed by atoms with Gasteiger partial charge in [0.05, 0.1) is 21.0 Å². The van der Waals surface area contributed by atoms with E-state index in [0.717, 1.165) is 0 Å². The van der Waals surface area contributed by atoms with Crippen molar-refractivity contribution in [1.82, 2.24) is 0 Å². The first kappa shape index (κ1) is 14.9. The molecule has 23 heavy (non-hydrogen) atoms. The van der Waals surface area contributed by atoms with E-state index in [0.29, 0.717) is 26.6 Å². The molecular weight excluding hydrogens is 364 g/mol. The van der Waals surface area contributed by atoms with Gasteiger partial charge in [0.1, 0.15) is 5.58 Å². The minimum absolute atomic E-state index is 0.0749. The molecular formula is C16H7BrN2O4. The Morgan fingerprint density at radius 1 is 1.22 bits per heavy atom. The molecule has 0 aliphatic carbocycles. The summed E-state index contributed by atoms with van der Waals surface area (Å²) in [6.07, 6.45) is 0. The number of ketones is 1. The lowest BCUT2D eigenvalue weighted by atomic mass is 10.1. The van der Waals surface area contributed by atoms with Crippen LogP contribution in [0.5, 0.6) is 0 Å². The maximum atomic E-state index is 12.4. The number of hydrogen-bond acceptors (Lipinski definition) is 5. The smallest absolute Gasteiger partial charge is 0.271 e. The lowest BCUT2D eigenvalue weighted by molar-refractivity contribution is -0.384. The fourth-order valence-electron chi connectivity index (χ4n) is 2.15. The van der Waals surface area contributed by atoms with Crippen molar-refractivity contribution in [2.45, 2.75) is 0 Å². The Labute approximate surface area is 138 Å². The van der Waals surface area contributed by atoms with Crippen LogP contribution in [0.3, 0.4) is 0 Å². The average molecular weight is 371 g/mol. The van der Waals surface area contributed by atoms with Gasteiger partial charge in [-0.1, -0.05) is 0 Å². The van der Waals surface area contributed by atoms with Crippen LogP contribution >= 0.6 is 15.9 Å². The van der Waals surface area contributed by atoms with E-state index in [9.17, 15) is 14.9 Å². The second-order valence-corrected chi connectivity index (χ2v) is 5.59. The van der Waals surface area contributed by atoms with Gasteiger partial charge in [0, 0.05) is 23.1 Å². The highest BCUT2D eigenvalue weighted by Gasteiger charge is 2.19. The fraction of sp³-hybridized carbons (Fsp3) is 0. The van der Waals surface area contributed by atoms with E-state index in [4.69, 9.17) is 9.68 Å². The second-order valence-electron chi connectivity index (χ2n) is 4.73. The number of nitro benzene ring substituents is 1. The SMILES string of the molecule is N#Cc1ccc(C(=O)c2cc3cc([N+](=O)[O-])cc(Br)c3o2)cc1. The van der Waals surface area contributed by atoms with Crippen LogP contribution in [0, 0.1) is 21.4 Å². The Balaban J connectivity index is 2.05. The summed E-state index contributed by atoms with van der Waals surface area (Å²) in [4.78, 5) is 22.8. The number of halogens is 1. The molecule has 0 radical (unpaired) electrons. The van der Waals surface area contributed by atoms with Gasteiger partial charge in [-0.3, -0.25) is 14.9 Å². The number of benzene rings is 2. The Morgan fingerprint density at radius 2 is 1.91 bits per heavy atom. The van der Waals surface area contributed by atoms with Gasteiger partial charge in [0.15, 0.2) is 5.76 Å². The van der Waals surface area contributed by atoms with Gasteiger partial charge in [-0.05, 0) is 46.3 Å². The molecule has 0 atom stereocenters. The number of nitriles is 1. The van der Waals surface area contributed by atoms with Gasteiger partial charge in [0.25, 0.3) is 5.69 Å².